The Bertz CT molecular complexity index is 670. The number of rotatable bonds is 1. The molecule has 1 aromatic carbocycles. The molecule has 3 rings (SSSR count). The van der Waals surface area contributed by atoms with Crippen molar-refractivity contribution >= 4 is 5.57 Å². The average molecular weight is 304 g/mol. The summed E-state index contributed by atoms with van der Waals surface area (Å²) in [6.07, 6.45) is 8.40. The van der Waals surface area contributed by atoms with Gasteiger partial charge in [0.15, 0.2) is 11.6 Å². The molecular weight excluding hydrogens is 285 g/mol. The number of hydrogen-bond donors (Lipinski definition) is 0. The zero-order chi connectivity index (χ0) is 15.7. The Kier molecular flexibility index (Phi) is 4.23. The van der Waals surface area contributed by atoms with Crippen LogP contribution in [-0.4, -0.2) is 0 Å². The minimum atomic E-state index is -0.948. The first kappa shape index (κ1) is 15.1. The van der Waals surface area contributed by atoms with Gasteiger partial charge in [0, 0.05) is 5.57 Å². The van der Waals surface area contributed by atoms with Gasteiger partial charge in [-0.15, -0.1) is 0 Å². The van der Waals surface area contributed by atoms with E-state index in [1.807, 2.05) is 0 Å². The molecule has 2 aliphatic rings. The molecule has 2 aliphatic carbocycles. The van der Waals surface area contributed by atoms with Gasteiger partial charge in [0.1, 0.15) is 5.83 Å². The van der Waals surface area contributed by atoms with Crippen molar-refractivity contribution in [3.63, 3.8) is 0 Å². The Balaban J connectivity index is 1.85. The molecule has 0 nitrogen and oxygen atoms in total. The maximum atomic E-state index is 14.4. The molecule has 0 atom stereocenters. The second kappa shape index (κ2) is 6.15. The van der Waals surface area contributed by atoms with Crippen LogP contribution in [0.2, 0.25) is 0 Å². The van der Waals surface area contributed by atoms with Crippen molar-refractivity contribution < 1.29 is 13.2 Å². The number of hydrogen-bond acceptors (Lipinski definition) is 0. The van der Waals surface area contributed by atoms with Gasteiger partial charge in [-0.1, -0.05) is 24.6 Å². The van der Waals surface area contributed by atoms with Gasteiger partial charge in [-0.05, 0) is 67.4 Å². The van der Waals surface area contributed by atoms with Gasteiger partial charge >= 0.3 is 0 Å². The molecule has 0 bridgehead atoms. The SMILES string of the molecule is CC1CCC(=C2C=C(F)C(c3ccc(F)c(F)c3)=CC2)CC1. The first-order valence-electron chi connectivity index (χ1n) is 7.78. The standard InChI is InChI=1S/C19H19F3/c1-12-2-4-13(5-3-12)14-6-8-16(18(21)10-14)15-7-9-17(20)19(22)11-15/h7-12H,2-6H2,1H3. The van der Waals surface area contributed by atoms with Crippen molar-refractivity contribution in [1.82, 2.24) is 0 Å². The molecule has 0 radical (unpaired) electrons. The van der Waals surface area contributed by atoms with Crippen molar-refractivity contribution in [2.24, 2.45) is 5.92 Å². The molecule has 0 saturated heterocycles. The number of allylic oxidation sites excluding steroid dienone is 6. The molecular formula is C19H19F3. The zero-order valence-electron chi connectivity index (χ0n) is 12.6. The molecule has 0 amide bonds. The summed E-state index contributed by atoms with van der Waals surface area (Å²) in [5.74, 6) is -1.48. The van der Waals surface area contributed by atoms with E-state index in [0.29, 0.717) is 17.6 Å². The highest BCUT2D eigenvalue weighted by Gasteiger charge is 2.19. The molecule has 0 N–H and O–H groups in total. The highest BCUT2D eigenvalue weighted by molar-refractivity contribution is 5.79. The smallest absolute Gasteiger partial charge is 0.159 e. The van der Waals surface area contributed by atoms with Crippen molar-refractivity contribution in [1.29, 1.82) is 0 Å². The van der Waals surface area contributed by atoms with E-state index in [1.165, 1.54) is 11.6 Å². The predicted octanol–water partition coefficient (Wildman–Crippen LogP) is 6.11. The molecule has 1 fully saturated rings. The monoisotopic (exact) mass is 304 g/mol. The van der Waals surface area contributed by atoms with Crippen LogP contribution in [-0.2, 0) is 0 Å². The summed E-state index contributed by atoms with van der Waals surface area (Å²) in [5, 5.41) is 0. The Morgan fingerprint density at radius 3 is 2.36 bits per heavy atom. The molecule has 0 unspecified atom stereocenters. The van der Waals surface area contributed by atoms with Gasteiger partial charge in [-0.3, -0.25) is 0 Å². The summed E-state index contributed by atoms with van der Waals surface area (Å²) in [6.45, 7) is 2.25. The highest BCUT2D eigenvalue weighted by atomic mass is 19.2. The topological polar surface area (TPSA) is 0 Å². The fourth-order valence-electron chi connectivity index (χ4n) is 3.20. The Morgan fingerprint density at radius 1 is 1.00 bits per heavy atom. The van der Waals surface area contributed by atoms with Crippen LogP contribution in [0.5, 0.6) is 0 Å². The predicted molar refractivity (Wildman–Crippen MR) is 82.8 cm³/mol. The first-order chi connectivity index (χ1) is 10.5. The molecule has 3 heteroatoms. The van der Waals surface area contributed by atoms with Gasteiger partial charge in [0.2, 0.25) is 0 Å². The Morgan fingerprint density at radius 2 is 1.73 bits per heavy atom. The van der Waals surface area contributed by atoms with Crippen LogP contribution in [0.4, 0.5) is 13.2 Å². The minimum absolute atomic E-state index is 0.354. The van der Waals surface area contributed by atoms with Crippen LogP contribution in [0.15, 0.2) is 47.3 Å². The van der Waals surface area contributed by atoms with Crippen molar-refractivity contribution in [2.75, 3.05) is 0 Å². The Labute approximate surface area is 129 Å². The molecule has 22 heavy (non-hydrogen) atoms. The summed E-state index contributed by atoms with van der Waals surface area (Å²) in [7, 11) is 0. The normalized spacial score (nSPS) is 22.5. The third-order valence-electron chi connectivity index (χ3n) is 4.65. The van der Waals surface area contributed by atoms with E-state index in [1.54, 1.807) is 12.2 Å². The third-order valence-corrected chi connectivity index (χ3v) is 4.65. The minimum Gasteiger partial charge on any atom is -0.206 e. The van der Waals surface area contributed by atoms with Gasteiger partial charge in [0.05, 0.1) is 0 Å². The average Bonchev–Trinajstić information content (AvgIpc) is 2.51. The van der Waals surface area contributed by atoms with Crippen molar-refractivity contribution in [3.8, 4) is 0 Å². The lowest BCUT2D eigenvalue weighted by Gasteiger charge is -2.24. The lowest BCUT2D eigenvalue weighted by molar-refractivity contribution is 0.441. The summed E-state index contributed by atoms with van der Waals surface area (Å²) in [5.41, 5.74) is 3.13. The van der Waals surface area contributed by atoms with Gasteiger partial charge in [0.25, 0.3) is 0 Å². The van der Waals surface area contributed by atoms with Crippen LogP contribution in [0.25, 0.3) is 5.57 Å². The van der Waals surface area contributed by atoms with Crippen LogP contribution >= 0.6 is 0 Å². The summed E-state index contributed by atoms with van der Waals surface area (Å²) < 4.78 is 40.7. The third kappa shape index (κ3) is 3.03. The van der Waals surface area contributed by atoms with Crippen LogP contribution in [0, 0.1) is 17.6 Å². The second-order valence-corrected chi connectivity index (χ2v) is 6.25. The van der Waals surface area contributed by atoms with Crippen LogP contribution in [0.3, 0.4) is 0 Å². The van der Waals surface area contributed by atoms with E-state index in [-0.39, 0.29) is 5.83 Å². The summed E-state index contributed by atoms with van der Waals surface area (Å²) in [6, 6.07) is 3.50. The largest absolute Gasteiger partial charge is 0.206 e. The maximum absolute atomic E-state index is 14.4. The summed E-state index contributed by atoms with van der Waals surface area (Å²) in [4.78, 5) is 0. The van der Waals surface area contributed by atoms with Crippen molar-refractivity contribution in [3.05, 3.63) is 64.5 Å². The van der Waals surface area contributed by atoms with E-state index in [2.05, 4.69) is 6.92 Å². The second-order valence-electron chi connectivity index (χ2n) is 6.25. The molecule has 0 heterocycles. The lowest BCUT2D eigenvalue weighted by Crippen LogP contribution is -2.07. The lowest BCUT2D eigenvalue weighted by atomic mass is 9.82. The van der Waals surface area contributed by atoms with Crippen LogP contribution < -0.4 is 0 Å². The number of benzene rings is 1. The fourth-order valence-corrected chi connectivity index (χ4v) is 3.20. The molecule has 1 saturated carbocycles. The maximum Gasteiger partial charge on any atom is 0.159 e. The zero-order valence-corrected chi connectivity index (χ0v) is 12.6. The fraction of sp³-hybridized carbons (Fsp3) is 0.368. The number of halogens is 3. The van der Waals surface area contributed by atoms with Crippen molar-refractivity contribution in [2.45, 2.75) is 39.0 Å². The molecule has 1 aromatic rings. The van der Waals surface area contributed by atoms with E-state index in [9.17, 15) is 13.2 Å². The van der Waals surface area contributed by atoms with E-state index in [4.69, 9.17) is 0 Å². The molecule has 0 aromatic heterocycles. The first-order valence-corrected chi connectivity index (χ1v) is 7.78. The van der Waals surface area contributed by atoms with Gasteiger partial charge in [-0.2, -0.15) is 0 Å². The van der Waals surface area contributed by atoms with E-state index in [0.717, 1.165) is 49.3 Å². The van der Waals surface area contributed by atoms with E-state index < -0.39 is 11.6 Å². The molecule has 0 spiro atoms. The quantitative estimate of drug-likeness (QED) is 0.587. The molecule has 116 valence electrons. The van der Waals surface area contributed by atoms with Gasteiger partial charge < -0.3 is 0 Å². The van der Waals surface area contributed by atoms with E-state index >= 15 is 0 Å². The van der Waals surface area contributed by atoms with Crippen LogP contribution in [0.1, 0.15) is 44.6 Å². The Hall–Kier alpha value is -1.77. The highest BCUT2D eigenvalue weighted by Crippen LogP contribution is 2.37. The van der Waals surface area contributed by atoms with Gasteiger partial charge in [-0.25, -0.2) is 13.2 Å². The summed E-state index contributed by atoms with van der Waals surface area (Å²) >= 11 is 0. The molecule has 0 aliphatic heterocycles.